The molecule has 32 valence electrons. The van der Waals surface area contributed by atoms with Crippen LogP contribution >= 0.6 is 0 Å². The third-order valence-corrected chi connectivity index (χ3v) is 0. The van der Waals surface area contributed by atoms with Gasteiger partial charge in [0.2, 0.25) is 0 Å². The number of rotatable bonds is 0. The van der Waals surface area contributed by atoms with E-state index in [2.05, 4.69) is 0 Å². The second-order valence-corrected chi connectivity index (χ2v) is 3.06. The van der Waals surface area contributed by atoms with E-state index in [0.29, 0.717) is 0 Å². The number of hydrogen-bond donors (Lipinski definition) is 1. The van der Waals surface area contributed by atoms with Crippen LogP contribution in [-0.4, -0.2) is 13.0 Å². The SMILES string of the molecule is O=[S](=O)(O)[Mn]. The second-order valence-electron chi connectivity index (χ2n) is 0.412. The Hall–Kier alpha value is 0.429. The standard InChI is InChI=1S/Mn.HO3S/c;1-4(2)3/h;(H,1,2,3). The molecule has 1 N–H and O–H groups in total. The van der Waals surface area contributed by atoms with Crippen molar-refractivity contribution in [2.24, 2.45) is 0 Å². The fraction of sp³-hybridized carbons (Fsp3) is 0. The Morgan fingerprint density at radius 3 is 1.60 bits per heavy atom. The molecule has 5 heavy (non-hydrogen) atoms. The molecule has 0 aliphatic carbocycles. The molecule has 0 fully saturated rings. The van der Waals surface area contributed by atoms with E-state index in [0.717, 1.165) is 0 Å². The number of hydrogen-bond acceptors (Lipinski definition) is 2. The van der Waals surface area contributed by atoms with E-state index < -0.39 is 8.54 Å². The molecule has 0 unspecified atom stereocenters. The molecule has 0 aromatic rings. The Labute approximate surface area is 37.0 Å². The van der Waals surface area contributed by atoms with Gasteiger partial charge in [-0.1, -0.05) is 0 Å². The summed E-state index contributed by atoms with van der Waals surface area (Å²) >= 11 is 1.90. The maximum absolute atomic E-state index is 9.10. The molecule has 0 saturated heterocycles. The van der Waals surface area contributed by atoms with E-state index in [-0.39, 0.29) is 0 Å². The van der Waals surface area contributed by atoms with Crippen molar-refractivity contribution in [3.63, 3.8) is 0 Å². The molecule has 0 heterocycles. The molecule has 5 heteroatoms. The first-order valence-corrected chi connectivity index (χ1v) is 3.46. The van der Waals surface area contributed by atoms with E-state index in [1.54, 1.807) is 0 Å². The molecule has 0 spiro atoms. The summed E-state index contributed by atoms with van der Waals surface area (Å²) in [5, 5.41) is 0. The maximum atomic E-state index is 9.10. The molecule has 0 aliphatic heterocycles. The van der Waals surface area contributed by atoms with Gasteiger partial charge in [-0.25, -0.2) is 0 Å². The third kappa shape index (κ3) is 142. The molecular formula is HMnO3S. The van der Waals surface area contributed by atoms with Crippen molar-refractivity contribution < 1.29 is 27.9 Å². The Morgan fingerprint density at radius 2 is 1.60 bits per heavy atom. The Bertz CT molecular complexity index is 90.1. The summed E-state index contributed by atoms with van der Waals surface area (Å²) in [6, 6.07) is 0. The first-order valence-electron chi connectivity index (χ1n) is 0.670. The van der Waals surface area contributed by atoms with Crippen molar-refractivity contribution in [2.45, 2.75) is 0 Å². The van der Waals surface area contributed by atoms with Gasteiger partial charge in [0, 0.05) is 0 Å². The van der Waals surface area contributed by atoms with Crippen LogP contribution in [0.25, 0.3) is 0 Å². The fourth-order valence-corrected chi connectivity index (χ4v) is 0. The molecule has 0 aliphatic rings. The van der Waals surface area contributed by atoms with Gasteiger partial charge < -0.3 is 0 Å². The summed E-state index contributed by atoms with van der Waals surface area (Å²) in [5.74, 6) is 0. The molecule has 0 amide bonds. The molecule has 0 aromatic carbocycles. The first-order chi connectivity index (χ1) is 2.00. The second kappa shape index (κ2) is 1.26. The van der Waals surface area contributed by atoms with Crippen LogP contribution in [0.1, 0.15) is 0 Å². The summed E-state index contributed by atoms with van der Waals surface area (Å²) in [7, 11) is -3.85. The van der Waals surface area contributed by atoms with Gasteiger partial charge in [-0.3, -0.25) is 0 Å². The molecule has 0 saturated carbocycles. The van der Waals surface area contributed by atoms with E-state index >= 15 is 0 Å². The summed E-state index contributed by atoms with van der Waals surface area (Å²) in [4.78, 5) is 0. The molecule has 3 nitrogen and oxygen atoms in total. The summed E-state index contributed by atoms with van der Waals surface area (Å²) in [5.41, 5.74) is 0. The van der Waals surface area contributed by atoms with Crippen LogP contribution in [0.4, 0.5) is 0 Å². The van der Waals surface area contributed by atoms with Crippen LogP contribution in [0, 0.1) is 0 Å². The van der Waals surface area contributed by atoms with Gasteiger partial charge in [-0.05, 0) is 0 Å². The van der Waals surface area contributed by atoms with Crippen molar-refractivity contribution in [3.8, 4) is 0 Å². The third-order valence-electron chi connectivity index (χ3n) is 0. The Balaban J connectivity index is 4.06. The van der Waals surface area contributed by atoms with Gasteiger partial charge in [0.25, 0.3) is 0 Å². The quantitative estimate of drug-likeness (QED) is 0.355. The topological polar surface area (TPSA) is 54.4 Å². The predicted octanol–water partition coefficient (Wildman–Crippen LogP) is -0.664. The fourth-order valence-electron chi connectivity index (χ4n) is 0. The zero-order valence-electron chi connectivity index (χ0n) is 2.05. The minimum atomic E-state index is -3.85. The van der Waals surface area contributed by atoms with Crippen LogP contribution in [0.5, 0.6) is 0 Å². The normalized spacial score (nSPS) is 11.6. The average molecular weight is 136 g/mol. The van der Waals surface area contributed by atoms with E-state index in [9.17, 15) is 0 Å². The van der Waals surface area contributed by atoms with Gasteiger partial charge in [0.15, 0.2) is 0 Å². The van der Waals surface area contributed by atoms with Gasteiger partial charge >= 0.3 is 36.4 Å². The van der Waals surface area contributed by atoms with Crippen molar-refractivity contribution in [3.05, 3.63) is 0 Å². The van der Waals surface area contributed by atoms with Crippen LogP contribution in [0.15, 0.2) is 0 Å². The summed E-state index contributed by atoms with van der Waals surface area (Å²) in [6.07, 6.45) is 0. The Morgan fingerprint density at radius 1 is 1.60 bits per heavy atom. The van der Waals surface area contributed by atoms with Crippen LogP contribution in [0.2, 0.25) is 0 Å². The predicted molar refractivity (Wildman–Crippen MR) is 11.5 cm³/mol. The van der Waals surface area contributed by atoms with Crippen molar-refractivity contribution in [1.29, 1.82) is 0 Å². The van der Waals surface area contributed by atoms with E-state index in [1.165, 1.54) is 0 Å². The van der Waals surface area contributed by atoms with Gasteiger partial charge in [0.05, 0.1) is 0 Å². The molecular weight excluding hydrogens is 135 g/mol. The minimum absolute atomic E-state index is 1.90. The average Bonchev–Trinajstić information content (AvgIpc) is 0.722. The van der Waals surface area contributed by atoms with Crippen LogP contribution in [0.3, 0.4) is 0 Å². The summed E-state index contributed by atoms with van der Waals surface area (Å²) in [6.45, 7) is 0. The Kier molecular flexibility index (Phi) is 1.37. The molecule has 0 atom stereocenters. The van der Waals surface area contributed by atoms with Crippen molar-refractivity contribution in [2.75, 3.05) is 0 Å². The van der Waals surface area contributed by atoms with Crippen LogP contribution in [-0.2, 0) is 23.4 Å². The van der Waals surface area contributed by atoms with Crippen LogP contribution < -0.4 is 0 Å². The van der Waals surface area contributed by atoms with E-state index in [4.69, 9.17) is 13.0 Å². The monoisotopic (exact) mass is 136 g/mol. The summed E-state index contributed by atoms with van der Waals surface area (Å²) < 4.78 is 25.6. The van der Waals surface area contributed by atoms with Gasteiger partial charge in [-0.15, -0.1) is 0 Å². The van der Waals surface area contributed by atoms with Gasteiger partial charge in [0.1, 0.15) is 0 Å². The first kappa shape index (κ1) is 5.43. The zero-order valence-corrected chi connectivity index (χ0v) is 4.05. The molecule has 0 aromatic heterocycles. The van der Waals surface area contributed by atoms with Gasteiger partial charge in [-0.2, -0.15) is 0 Å². The van der Waals surface area contributed by atoms with E-state index in [1.807, 2.05) is 14.9 Å². The molecule has 0 bridgehead atoms. The zero-order chi connectivity index (χ0) is 4.50. The van der Waals surface area contributed by atoms with Crippen molar-refractivity contribution in [1.82, 2.24) is 0 Å². The molecule has 0 radical (unpaired) electrons. The molecule has 0 rings (SSSR count). The van der Waals surface area contributed by atoms with Crippen molar-refractivity contribution >= 4 is 8.54 Å².